The Morgan fingerprint density at radius 3 is 2.82 bits per heavy atom. The summed E-state index contributed by atoms with van der Waals surface area (Å²) in [7, 11) is 1.58. The van der Waals surface area contributed by atoms with Crippen molar-refractivity contribution in [3.05, 3.63) is 29.8 Å². The zero-order valence-electron chi connectivity index (χ0n) is 10.5. The quantitative estimate of drug-likeness (QED) is 0.768. The third kappa shape index (κ3) is 4.87. The van der Waals surface area contributed by atoms with E-state index in [9.17, 15) is 4.79 Å². The molecular weight excluding hydrogens is 218 g/mol. The number of ether oxygens (including phenoxy) is 2. The first-order valence-corrected chi connectivity index (χ1v) is 5.67. The summed E-state index contributed by atoms with van der Waals surface area (Å²) in [4.78, 5) is 11.7. The summed E-state index contributed by atoms with van der Waals surface area (Å²) in [5.41, 5.74) is 0.592. The molecule has 0 radical (unpaired) electrons. The fourth-order valence-electron chi connectivity index (χ4n) is 1.33. The summed E-state index contributed by atoms with van der Waals surface area (Å²) in [5, 5.41) is 2.79. The molecule has 1 aromatic rings. The lowest BCUT2D eigenvalue weighted by atomic mass is 10.2. The Morgan fingerprint density at radius 2 is 2.18 bits per heavy atom. The number of benzene rings is 1. The predicted octanol–water partition coefficient (Wildman–Crippen LogP) is 1.85. The van der Waals surface area contributed by atoms with Crippen LogP contribution < -0.4 is 10.1 Å². The van der Waals surface area contributed by atoms with Crippen LogP contribution in [0.1, 0.15) is 24.2 Å². The molecule has 0 unspecified atom stereocenters. The molecule has 1 N–H and O–H groups in total. The van der Waals surface area contributed by atoms with E-state index in [1.807, 2.05) is 13.8 Å². The van der Waals surface area contributed by atoms with Gasteiger partial charge >= 0.3 is 0 Å². The van der Waals surface area contributed by atoms with Crippen LogP contribution in [0.5, 0.6) is 5.75 Å². The first-order valence-electron chi connectivity index (χ1n) is 5.67. The van der Waals surface area contributed by atoms with Crippen molar-refractivity contribution in [1.82, 2.24) is 5.32 Å². The third-order valence-electron chi connectivity index (χ3n) is 2.17. The molecule has 0 aliphatic heterocycles. The molecule has 1 rings (SSSR count). The van der Waals surface area contributed by atoms with Crippen LogP contribution in [-0.4, -0.2) is 32.3 Å². The summed E-state index contributed by atoms with van der Waals surface area (Å²) in [6.45, 7) is 4.95. The van der Waals surface area contributed by atoms with Crippen LogP contribution >= 0.6 is 0 Å². The van der Waals surface area contributed by atoms with E-state index in [4.69, 9.17) is 9.47 Å². The van der Waals surface area contributed by atoms with Crippen LogP contribution in [0.2, 0.25) is 0 Å². The number of rotatable bonds is 6. The smallest absolute Gasteiger partial charge is 0.251 e. The maximum Gasteiger partial charge on any atom is 0.251 e. The van der Waals surface area contributed by atoms with Crippen LogP contribution in [-0.2, 0) is 4.74 Å². The molecule has 0 saturated heterocycles. The molecule has 0 spiro atoms. The summed E-state index contributed by atoms with van der Waals surface area (Å²) in [6.07, 6.45) is 0.184. The minimum atomic E-state index is -0.115. The largest absolute Gasteiger partial charge is 0.497 e. The van der Waals surface area contributed by atoms with E-state index in [0.717, 1.165) is 0 Å². The fourth-order valence-corrected chi connectivity index (χ4v) is 1.33. The summed E-state index contributed by atoms with van der Waals surface area (Å²) in [5.74, 6) is 0.562. The van der Waals surface area contributed by atoms with Gasteiger partial charge in [0.1, 0.15) is 5.75 Å². The van der Waals surface area contributed by atoms with Crippen molar-refractivity contribution in [2.75, 3.05) is 20.3 Å². The van der Waals surface area contributed by atoms with Crippen molar-refractivity contribution >= 4 is 5.91 Å². The molecule has 0 aliphatic rings. The van der Waals surface area contributed by atoms with Crippen molar-refractivity contribution < 1.29 is 14.3 Å². The summed E-state index contributed by atoms with van der Waals surface area (Å²) in [6, 6.07) is 7.05. The normalized spacial score (nSPS) is 10.4. The van der Waals surface area contributed by atoms with Gasteiger partial charge in [-0.3, -0.25) is 4.79 Å². The van der Waals surface area contributed by atoms with Gasteiger partial charge in [-0.25, -0.2) is 0 Å². The van der Waals surface area contributed by atoms with Crippen LogP contribution in [0.25, 0.3) is 0 Å². The topological polar surface area (TPSA) is 47.6 Å². The molecule has 0 bridgehead atoms. The second-order valence-corrected chi connectivity index (χ2v) is 3.91. The van der Waals surface area contributed by atoms with Gasteiger partial charge < -0.3 is 14.8 Å². The molecule has 0 atom stereocenters. The van der Waals surface area contributed by atoms with Gasteiger partial charge in [0.05, 0.1) is 19.8 Å². The molecule has 17 heavy (non-hydrogen) atoms. The monoisotopic (exact) mass is 237 g/mol. The Balaban J connectivity index is 2.41. The number of carbonyl (C=O) groups excluding carboxylic acids is 1. The van der Waals surface area contributed by atoms with Gasteiger partial charge in [0.2, 0.25) is 0 Å². The fraction of sp³-hybridized carbons (Fsp3) is 0.462. The predicted molar refractivity (Wildman–Crippen MR) is 66.4 cm³/mol. The minimum absolute atomic E-state index is 0.115. The van der Waals surface area contributed by atoms with Crippen LogP contribution in [0.15, 0.2) is 24.3 Å². The number of carbonyl (C=O) groups is 1. The Labute approximate surface area is 102 Å². The van der Waals surface area contributed by atoms with Crippen molar-refractivity contribution in [2.45, 2.75) is 20.0 Å². The van der Waals surface area contributed by atoms with E-state index < -0.39 is 0 Å². The van der Waals surface area contributed by atoms with Gasteiger partial charge in [-0.1, -0.05) is 6.07 Å². The van der Waals surface area contributed by atoms with E-state index >= 15 is 0 Å². The van der Waals surface area contributed by atoms with Crippen molar-refractivity contribution in [3.63, 3.8) is 0 Å². The van der Waals surface area contributed by atoms with Gasteiger partial charge in [0.25, 0.3) is 5.91 Å². The Hall–Kier alpha value is -1.55. The van der Waals surface area contributed by atoms with Gasteiger partial charge in [-0.2, -0.15) is 0 Å². The highest BCUT2D eigenvalue weighted by Gasteiger charge is 2.05. The summed E-state index contributed by atoms with van der Waals surface area (Å²) >= 11 is 0. The number of methoxy groups -OCH3 is 1. The average molecular weight is 237 g/mol. The van der Waals surface area contributed by atoms with Gasteiger partial charge in [-0.05, 0) is 32.0 Å². The van der Waals surface area contributed by atoms with E-state index in [1.165, 1.54) is 0 Å². The highest BCUT2D eigenvalue weighted by Crippen LogP contribution is 2.12. The molecule has 0 aromatic heterocycles. The standard InChI is InChI=1S/C13H19NO3/c1-10(2)17-8-7-14-13(15)11-5-4-6-12(9-11)16-3/h4-6,9-10H,7-8H2,1-3H3,(H,14,15). The molecular formula is C13H19NO3. The zero-order valence-corrected chi connectivity index (χ0v) is 10.5. The molecule has 0 saturated carbocycles. The van der Waals surface area contributed by atoms with E-state index in [-0.39, 0.29) is 12.0 Å². The lowest BCUT2D eigenvalue weighted by molar-refractivity contribution is 0.0746. The lowest BCUT2D eigenvalue weighted by Gasteiger charge is -2.09. The van der Waals surface area contributed by atoms with Crippen molar-refractivity contribution in [1.29, 1.82) is 0 Å². The number of hydrogen-bond acceptors (Lipinski definition) is 3. The second kappa shape index (κ2) is 6.91. The van der Waals surface area contributed by atoms with Gasteiger partial charge in [0, 0.05) is 12.1 Å². The zero-order chi connectivity index (χ0) is 12.7. The molecule has 0 fully saturated rings. The van der Waals surface area contributed by atoms with E-state index in [1.54, 1.807) is 31.4 Å². The minimum Gasteiger partial charge on any atom is -0.497 e. The van der Waals surface area contributed by atoms with Crippen molar-refractivity contribution in [3.8, 4) is 5.75 Å². The maximum atomic E-state index is 11.7. The Morgan fingerprint density at radius 1 is 1.41 bits per heavy atom. The highest BCUT2D eigenvalue weighted by atomic mass is 16.5. The van der Waals surface area contributed by atoms with Gasteiger partial charge in [-0.15, -0.1) is 0 Å². The highest BCUT2D eigenvalue weighted by molar-refractivity contribution is 5.94. The second-order valence-electron chi connectivity index (χ2n) is 3.91. The third-order valence-corrected chi connectivity index (χ3v) is 2.17. The average Bonchev–Trinajstić information content (AvgIpc) is 2.34. The summed E-state index contributed by atoms with van der Waals surface area (Å²) < 4.78 is 10.4. The first-order chi connectivity index (χ1) is 8.13. The van der Waals surface area contributed by atoms with Crippen LogP contribution in [0, 0.1) is 0 Å². The number of amides is 1. The molecule has 1 amide bonds. The van der Waals surface area contributed by atoms with Gasteiger partial charge in [0.15, 0.2) is 0 Å². The van der Waals surface area contributed by atoms with E-state index in [0.29, 0.717) is 24.5 Å². The van der Waals surface area contributed by atoms with Crippen LogP contribution in [0.3, 0.4) is 0 Å². The SMILES string of the molecule is COc1cccc(C(=O)NCCOC(C)C)c1. The molecule has 0 aliphatic carbocycles. The lowest BCUT2D eigenvalue weighted by Crippen LogP contribution is -2.28. The molecule has 4 nitrogen and oxygen atoms in total. The molecule has 94 valence electrons. The van der Waals surface area contributed by atoms with Crippen molar-refractivity contribution in [2.24, 2.45) is 0 Å². The molecule has 4 heteroatoms. The first kappa shape index (κ1) is 13.5. The van der Waals surface area contributed by atoms with Crippen LogP contribution in [0.4, 0.5) is 0 Å². The Bertz CT molecular complexity index is 363. The number of hydrogen-bond donors (Lipinski definition) is 1. The maximum absolute atomic E-state index is 11.7. The number of nitrogens with one attached hydrogen (secondary N) is 1. The molecule has 1 aromatic carbocycles. The van der Waals surface area contributed by atoms with E-state index in [2.05, 4.69) is 5.32 Å². The molecule has 0 heterocycles. The Kier molecular flexibility index (Phi) is 5.49.